The van der Waals surface area contributed by atoms with E-state index in [9.17, 15) is 5.11 Å². The van der Waals surface area contributed by atoms with Gasteiger partial charge < -0.3 is 24.8 Å². The van der Waals surface area contributed by atoms with E-state index in [0.29, 0.717) is 35.7 Å². The second kappa shape index (κ2) is 8.97. The predicted octanol–water partition coefficient (Wildman–Crippen LogP) is 2.28. The highest BCUT2D eigenvalue weighted by Gasteiger charge is 2.16. The van der Waals surface area contributed by atoms with Gasteiger partial charge in [-0.1, -0.05) is 5.16 Å². The molecule has 3 N–H and O–H groups in total. The highest BCUT2D eigenvalue weighted by atomic mass is 16.5. The van der Waals surface area contributed by atoms with Crippen molar-refractivity contribution < 1.29 is 19.5 Å². The van der Waals surface area contributed by atoms with Gasteiger partial charge in [0.25, 0.3) is 5.89 Å². The van der Waals surface area contributed by atoms with Crippen molar-refractivity contribution in [2.45, 2.75) is 33.8 Å². The lowest BCUT2D eigenvalue weighted by Crippen LogP contribution is -2.21. The van der Waals surface area contributed by atoms with E-state index >= 15 is 0 Å². The monoisotopic (exact) mass is 399 g/mol. The maximum absolute atomic E-state index is 9.50. The Labute approximate surface area is 168 Å². The van der Waals surface area contributed by atoms with Crippen molar-refractivity contribution in [2.75, 3.05) is 25.1 Å². The fourth-order valence-electron chi connectivity index (χ4n) is 2.90. The summed E-state index contributed by atoms with van der Waals surface area (Å²) in [6.45, 7) is 8.02. The van der Waals surface area contributed by atoms with Gasteiger partial charge in [-0.15, -0.1) is 0 Å². The molecule has 2 aromatic heterocycles. The van der Waals surface area contributed by atoms with Crippen LogP contribution >= 0.6 is 0 Å². The molecule has 2 heterocycles. The first-order valence-corrected chi connectivity index (χ1v) is 9.38. The number of rotatable bonds is 8. The van der Waals surface area contributed by atoms with Crippen molar-refractivity contribution in [3.8, 4) is 28.7 Å². The van der Waals surface area contributed by atoms with E-state index < -0.39 is 6.10 Å². The van der Waals surface area contributed by atoms with Crippen molar-refractivity contribution in [3.05, 3.63) is 35.0 Å². The number of hydrogen-bond donors (Lipinski definition) is 3. The fraction of sp³-hybridized carbons (Fsp3) is 0.400. The molecular weight excluding hydrogens is 374 g/mol. The molecule has 1 unspecified atom stereocenters. The average molecular weight is 399 g/mol. The zero-order valence-electron chi connectivity index (χ0n) is 16.9. The molecule has 0 saturated carbocycles. The number of aliphatic hydroxyl groups is 2. The minimum atomic E-state index is -0.920. The molecule has 0 aliphatic heterocycles. The maximum Gasteiger partial charge on any atom is 0.277 e. The summed E-state index contributed by atoms with van der Waals surface area (Å²) >= 11 is 0. The fourth-order valence-corrected chi connectivity index (χ4v) is 2.90. The molecule has 154 valence electrons. The van der Waals surface area contributed by atoms with Gasteiger partial charge in [-0.25, -0.2) is 9.97 Å². The van der Waals surface area contributed by atoms with Gasteiger partial charge in [-0.3, -0.25) is 0 Å². The first-order valence-electron chi connectivity index (χ1n) is 9.38. The average Bonchev–Trinajstić information content (AvgIpc) is 3.17. The van der Waals surface area contributed by atoms with Gasteiger partial charge in [-0.05, 0) is 57.0 Å². The minimum absolute atomic E-state index is 0.0189. The molecule has 9 nitrogen and oxygen atoms in total. The van der Waals surface area contributed by atoms with Crippen LogP contribution in [-0.2, 0) is 0 Å². The van der Waals surface area contributed by atoms with Gasteiger partial charge in [-0.2, -0.15) is 4.98 Å². The number of aryl methyl sites for hydroxylation is 3. The summed E-state index contributed by atoms with van der Waals surface area (Å²) < 4.78 is 11.1. The Bertz CT molecular complexity index is 966. The van der Waals surface area contributed by atoms with Crippen LogP contribution in [0.1, 0.15) is 23.7 Å². The van der Waals surface area contributed by atoms with Crippen LogP contribution in [0.3, 0.4) is 0 Å². The number of nitrogens with one attached hydrogen (secondary N) is 1. The summed E-state index contributed by atoms with van der Waals surface area (Å²) in [5.41, 5.74) is 3.86. The molecular formula is C20H25N5O4. The number of hydrogen-bond acceptors (Lipinski definition) is 9. The van der Waals surface area contributed by atoms with Crippen LogP contribution < -0.4 is 10.1 Å². The molecule has 0 saturated heterocycles. The van der Waals surface area contributed by atoms with Crippen LogP contribution in [0.15, 0.2) is 22.7 Å². The Morgan fingerprint density at radius 2 is 1.83 bits per heavy atom. The highest BCUT2D eigenvalue weighted by Crippen LogP contribution is 2.30. The third-order valence-electron chi connectivity index (χ3n) is 4.18. The van der Waals surface area contributed by atoms with E-state index in [1.807, 2.05) is 39.8 Å². The quantitative estimate of drug-likeness (QED) is 0.523. The molecule has 1 atom stereocenters. The van der Waals surface area contributed by atoms with Crippen LogP contribution in [0, 0.1) is 20.8 Å². The highest BCUT2D eigenvalue weighted by molar-refractivity contribution is 5.63. The topological polar surface area (TPSA) is 126 Å². The van der Waals surface area contributed by atoms with Gasteiger partial charge in [0.05, 0.1) is 6.61 Å². The van der Waals surface area contributed by atoms with Crippen LogP contribution in [0.4, 0.5) is 5.95 Å². The third kappa shape index (κ3) is 4.87. The van der Waals surface area contributed by atoms with E-state index in [0.717, 1.165) is 22.4 Å². The third-order valence-corrected chi connectivity index (χ3v) is 4.18. The summed E-state index contributed by atoms with van der Waals surface area (Å²) in [6.07, 6.45) is -0.920. The largest absolute Gasteiger partial charge is 0.490 e. The van der Waals surface area contributed by atoms with E-state index in [-0.39, 0.29) is 13.2 Å². The van der Waals surface area contributed by atoms with Crippen LogP contribution in [0.5, 0.6) is 5.75 Å². The molecule has 0 amide bonds. The van der Waals surface area contributed by atoms with E-state index in [2.05, 4.69) is 25.4 Å². The van der Waals surface area contributed by atoms with Crippen LogP contribution in [-0.4, -0.2) is 56.2 Å². The summed E-state index contributed by atoms with van der Waals surface area (Å²) in [5, 5.41) is 25.6. The molecule has 9 heteroatoms. The molecule has 0 spiro atoms. The second-order valence-corrected chi connectivity index (χ2v) is 6.76. The molecule has 0 fully saturated rings. The minimum Gasteiger partial charge on any atom is -0.490 e. The lowest BCUT2D eigenvalue weighted by Gasteiger charge is -2.15. The number of aliphatic hydroxyl groups excluding tert-OH is 2. The van der Waals surface area contributed by atoms with Crippen molar-refractivity contribution in [2.24, 2.45) is 0 Å². The van der Waals surface area contributed by atoms with Gasteiger partial charge in [0.2, 0.25) is 11.8 Å². The normalized spacial score (nSPS) is 12.1. The maximum atomic E-state index is 9.50. The molecule has 3 aromatic rings. The number of nitrogens with zero attached hydrogens (tertiary/aromatic N) is 4. The molecule has 29 heavy (non-hydrogen) atoms. The molecule has 1 aromatic carbocycles. The number of benzene rings is 1. The molecule has 0 aliphatic rings. The molecule has 3 rings (SSSR count). The zero-order valence-corrected chi connectivity index (χ0v) is 16.9. The lowest BCUT2D eigenvalue weighted by atomic mass is 10.1. The van der Waals surface area contributed by atoms with E-state index in [4.69, 9.17) is 14.4 Å². The summed E-state index contributed by atoms with van der Waals surface area (Å²) in [4.78, 5) is 13.2. The molecule has 0 radical (unpaired) electrons. The Morgan fingerprint density at radius 3 is 2.48 bits per heavy atom. The van der Waals surface area contributed by atoms with Crippen LogP contribution in [0.2, 0.25) is 0 Å². The second-order valence-electron chi connectivity index (χ2n) is 6.76. The Kier molecular flexibility index (Phi) is 6.40. The summed E-state index contributed by atoms with van der Waals surface area (Å²) in [7, 11) is 0. The Hall–Kier alpha value is -3.04. The van der Waals surface area contributed by atoms with Gasteiger partial charge in [0.15, 0.2) is 0 Å². The van der Waals surface area contributed by atoms with Crippen molar-refractivity contribution in [1.82, 2.24) is 20.1 Å². The standard InChI is InChI=1S/C20H25N5O4/c1-5-21-20-22-13(4)8-16(23-20)19-24-18(25-29-19)14-6-11(2)17(12(3)7-14)28-10-15(27)9-26/h6-8,15,26-27H,5,9-10H2,1-4H3,(H,21,22,23). The first kappa shape index (κ1) is 20.7. The smallest absolute Gasteiger partial charge is 0.277 e. The van der Waals surface area contributed by atoms with Crippen LogP contribution in [0.25, 0.3) is 23.0 Å². The van der Waals surface area contributed by atoms with Gasteiger partial charge in [0, 0.05) is 17.8 Å². The lowest BCUT2D eigenvalue weighted by molar-refractivity contribution is 0.0532. The summed E-state index contributed by atoms with van der Waals surface area (Å²) in [6, 6.07) is 5.56. The van der Waals surface area contributed by atoms with Crippen molar-refractivity contribution in [1.29, 1.82) is 0 Å². The van der Waals surface area contributed by atoms with Crippen molar-refractivity contribution in [3.63, 3.8) is 0 Å². The first-order chi connectivity index (χ1) is 13.9. The number of ether oxygens (including phenoxy) is 1. The summed E-state index contributed by atoms with van der Waals surface area (Å²) in [5.74, 6) is 1.92. The SMILES string of the molecule is CCNc1nc(C)cc(-c2nc(-c3cc(C)c(OCC(O)CO)c(C)c3)no2)n1. The molecule has 0 aliphatic carbocycles. The van der Waals surface area contributed by atoms with E-state index in [1.54, 1.807) is 6.07 Å². The number of anilines is 1. The van der Waals surface area contributed by atoms with Gasteiger partial charge in [0.1, 0.15) is 24.2 Å². The van der Waals surface area contributed by atoms with Gasteiger partial charge >= 0.3 is 0 Å². The Morgan fingerprint density at radius 1 is 1.10 bits per heavy atom. The predicted molar refractivity (Wildman–Crippen MR) is 108 cm³/mol. The van der Waals surface area contributed by atoms with E-state index in [1.165, 1.54) is 0 Å². The zero-order chi connectivity index (χ0) is 21.0. The van der Waals surface area contributed by atoms with Crippen molar-refractivity contribution >= 4 is 5.95 Å². The molecule has 0 bridgehead atoms. The number of aromatic nitrogens is 4. The Balaban J connectivity index is 1.87.